The van der Waals surface area contributed by atoms with E-state index >= 15 is 0 Å². The predicted molar refractivity (Wildman–Crippen MR) is 134 cm³/mol. The minimum absolute atomic E-state index is 0.164. The van der Waals surface area contributed by atoms with Crippen LogP contribution in [0, 0.1) is 5.82 Å². The van der Waals surface area contributed by atoms with E-state index < -0.39 is 42.8 Å². The number of hydrogen-bond donors (Lipinski definition) is 1. The minimum atomic E-state index is -3.86. The van der Waals surface area contributed by atoms with Crippen molar-refractivity contribution in [3.8, 4) is 11.3 Å². The summed E-state index contributed by atoms with van der Waals surface area (Å²) in [7, 11) is -3.86. The average molecular weight is 516 g/mol. The molecule has 7 nitrogen and oxygen atoms in total. The van der Waals surface area contributed by atoms with Gasteiger partial charge < -0.3 is 9.08 Å². The molecule has 1 unspecified atom stereocenters. The molecule has 0 aliphatic heterocycles. The van der Waals surface area contributed by atoms with Crippen LogP contribution in [0.5, 0.6) is 0 Å². The van der Waals surface area contributed by atoms with Crippen LogP contribution in [0.4, 0.5) is 4.39 Å². The molecular weight excluding hydrogens is 489 g/mol. The SMILES string of the molecule is CC(C)(C)[S+]([O-])N[C@@H](Cc1ccc(F)c(S(C)(=O)=O)n1)c1ccccc1-c1noc2ccccc12. The Kier molecular flexibility index (Phi) is 7.01. The molecule has 0 spiro atoms. The van der Waals surface area contributed by atoms with E-state index in [1.165, 1.54) is 6.07 Å². The van der Waals surface area contributed by atoms with Crippen molar-refractivity contribution in [2.45, 2.75) is 43.0 Å². The molecule has 2 heterocycles. The molecule has 0 aliphatic carbocycles. The second kappa shape index (κ2) is 9.69. The fourth-order valence-electron chi connectivity index (χ4n) is 3.66. The highest BCUT2D eigenvalue weighted by atomic mass is 32.2. The van der Waals surface area contributed by atoms with Gasteiger partial charge in [-0.1, -0.05) is 41.6 Å². The summed E-state index contributed by atoms with van der Waals surface area (Å²) in [6.45, 7) is 5.55. The Hall–Kier alpha value is -2.79. The fraction of sp³-hybridized carbons (Fsp3) is 0.280. The summed E-state index contributed by atoms with van der Waals surface area (Å²) in [6, 6.07) is 17.0. The second-order valence-electron chi connectivity index (χ2n) is 9.23. The number of halogens is 1. The van der Waals surface area contributed by atoms with Gasteiger partial charge >= 0.3 is 0 Å². The van der Waals surface area contributed by atoms with Crippen LogP contribution in [-0.4, -0.2) is 34.1 Å². The maximum atomic E-state index is 14.2. The third-order valence-corrected chi connectivity index (χ3v) is 8.01. The van der Waals surface area contributed by atoms with Crippen LogP contribution < -0.4 is 4.72 Å². The van der Waals surface area contributed by atoms with Crippen molar-refractivity contribution < 1.29 is 21.9 Å². The molecule has 0 bridgehead atoms. The zero-order valence-corrected chi connectivity index (χ0v) is 21.4. The van der Waals surface area contributed by atoms with Gasteiger partial charge in [0, 0.05) is 40.7 Å². The third-order valence-electron chi connectivity index (χ3n) is 5.41. The molecule has 1 N–H and O–H groups in total. The topological polar surface area (TPSA) is 108 Å². The van der Waals surface area contributed by atoms with Crippen molar-refractivity contribution in [1.29, 1.82) is 0 Å². The summed E-state index contributed by atoms with van der Waals surface area (Å²) in [4.78, 5) is 4.08. The molecule has 0 amide bonds. The number of nitrogens with one attached hydrogen (secondary N) is 1. The maximum Gasteiger partial charge on any atom is 0.195 e. The first-order chi connectivity index (χ1) is 16.4. The molecule has 0 saturated carbocycles. The lowest BCUT2D eigenvalue weighted by Gasteiger charge is -2.29. The Morgan fingerprint density at radius 2 is 1.77 bits per heavy atom. The van der Waals surface area contributed by atoms with E-state index in [4.69, 9.17) is 4.52 Å². The zero-order valence-electron chi connectivity index (χ0n) is 19.8. The number of pyridine rings is 1. The number of hydrogen-bond acceptors (Lipinski definition) is 7. The lowest BCUT2D eigenvalue weighted by molar-refractivity contribution is 0.459. The van der Waals surface area contributed by atoms with Crippen LogP contribution in [-0.2, 0) is 27.6 Å². The van der Waals surface area contributed by atoms with Gasteiger partial charge in [-0.3, -0.25) is 0 Å². The molecule has 0 fully saturated rings. The number of fused-ring (bicyclic) bond motifs is 1. The normalized spacial score (nSPS) is 14.2. The highest BCUT2D eigenvalue weighted by Gasteiger charge is 2.32. The molecule has 35 heavy (non-hydrogen) atoms. The van der Waals surface area contributed by atoms with Crippen LogP contribution in [0.2, 0.25) is 0 Å². The summed E-state index contributed by atoms with van der Waals surface area (Å²) in [5.41, 5.74) is 3.16. The Morgan fingerprint density at radius 3 is 2.49 bits per heavy atom. The van der Waals surface area contributed by atoms with Gasteiger partial charge in [0.15, 0.2) is 26.3 Å². The van der Waals surface area contributed by atoms with Gasteiger partial charge in [0.05, 0.1) is 6.04 Å². The summed E-state index contributed by atoms with van der Waals surface area (Å²) in [5.74, 6) is -0.909. The molecule has 4 aromatic rings. The summed E-state index contributed by atoms with van der Waals surface area (Å²) >= 11 is -1.46. The quantitative estimate of drug-likeness (QED) is 0.353. The number of aromatic nitrogens is 2. The van der Waals surface area contributed by atoms with Gasteiger partial charge in [0.25, 0.3) is 0 Å². The van der Waals surface area contributed by atoms with E-state index in [2.05, 4.69) is 14.9 Å². The molecule has 0 radical (unpaired) electrons. The van der Waals surface area contributed by atoms with Crippen LogP contribution >= 0.6 is 0 Å². The van der Waals surface area contributed by atoms with Crippen LogP contribution in [0.3, 0.4) is 0 Å². The molecule has 0 aliphatic rings. The number of benzene rings is 2. The molecule has 2 atom stereocenters. The minimum Gasteiger partial charge on any atom is -0.598 e. The standard InChI is InChI=1S/C25H26FN3O4S2/c1-25(2,3)34(30)29-21(15-16-13-14-20(26)24(27-16)35(4,31)32)17-9-5-6-10-18(17)23-19-11-7-8-12-22(19)33-28-23/h5-14,21,29H,15H2,1-4H3/t21-,34?/m0/s1. The lowest BCUT2D eigenvalue weighted by Crippen LogP contribution is -2.42. The van der Waals surface area contributed by atoms with E-state index in [-0.39, 0.29) is 6.42 Å². The molecule has 2 aromatic heterocycles. The first-order valence-electron chi connectivity index (χ1n) is 10.9. The smallest absolute Gasteiger partial charge is 0.195 e. The Labute approximate surface area is 207 Å². The second-order valence-corrected chi connectivity index (χ2v) is 13.2. The number of sulfone groups is 1. The Bertz CT molecular complexity index is 1470. The van der Waals surface area contributed by atoms with E-state index in [1.54, 1.807) is 0 Å². The third kappa shape index (κ3) is 5.56. The van der Waals surface area contributed by atoms with Gasteiger partial charge in [-0.15, -0.1) is 4.72 Å². The van der Waals surface area contributed by atoms with E-state index in [0.29, 0.717) is 17.0 Å². The molecular formula is C25H26FN3O4S2. The van der Waals surface area contributed by atoms with Gasteiger partial charge in [0.2, 0.25) is 0 Å². The maximum absolute atomic E-state index is 14.2. The van der Waals surface area contributed by atoms with Crippen molar-refractivity contribution >= 4 is 32.2 Å². The summed E-state index contributed by atoms with van der Waals surface area (Å²) in [5, 5.41) is 4.50. The van der Waals surface area contributed by atoms with Crippen LogP contribution in [0.1, 0.15) is 38.1 Å². The fourth-order valence-corrected chi connectivity index (χ4v) is 5.19. The van der Waals surface area contributed by atoms with Crippen molar-refractivity contribution in [3.05, 3.63) is 77.7 Å². The zero-order chi connectivity index (χ0) is 25.4. The monoisotopic (exact) mass is 515 g/mol. The average Bonchev–Trinajstić information content (AvgIpc) is 3.22. The molecule has 0 saturated heterocycles. The predicted octanol–water partition coefficient (Wildman–Crippen LogP) is 4.77. The van der Waals surface area contributed by atoms with E-state index in [1.807, 2.05) is 69.3 Å². The molecule has 184 valence electrons. The summed E-state index contributed by atoms with van der Waals surface area (Å²) in [6.07, 6.45) is 1.08. The van der Waals surface area contributed by atoms with Crippen LogP contribution in [0.25, 0.3) is 22.2 Å². The van der Waals surface area contributed by atoms with Crippen molar-refractivity contribution in [1.82, 2.24) is 14.9 Å². The number of nitrogens with zero attached hydrogens (tertiary/aromatic N) is 2. The van der Waals surface area contributed by atoms with Crippen molar-refractivity contribution in [3.63, 3.8) is 0 Å². The van der Waals surface area contributed by atoms with Crippen molar-refractivity contribution in [2.75, 3.05) is 6.26 Å². The van der Waals surface area contributed by atoms with Gasteiger partial charge in [-0.2, -0.15) is 0 Å². The van der Waals surface area contributed by atoms with Crippen LogP contribution in [0.15, 0.2) is 70.2 Å². The highest BCUT2D eigenvalue weighted by molar-refractivity contribution is 7.91. The Balaban J connectivity index is 1.82. The molecule has 10 heteroatoms. The Morgan fingerprint density at radius 1 is 1.09 bits per heavy atom. The number of para-hydroxylation sites is 1. The lowest BCUT2D eigenvalue weighted by atomic mass is 9.94. The first-order valence-corrected chi connectivity index (χ1v) is 14.0. The van der Waals surface area contributed by atoms with Gasteiger partial charge in [0.1, 0.15) is 10.4 Å². The largest absolute Gasteiger partial charge is 0.598 e. The number of rotatable bonds is 7. The highest BCUT2D eigenvalue weighted by Crippen LogP contribution is 2.35. The summed E-state index contributed by atoms with van der Waals surface area (Å²) < 4.78 is 59.4. The molecule has 4 rings (SSSR count). The van der Waals surface area contributed by atoms with Crippen molar-refractivity contribution in [2.24, 2.45) is 0 Å². The van der Waals surface area contributed by atoms with E-state index in [0.717, 1.165) is 28.8 Å². The van der Waals surface area contributed by atoms with Gasteiger partial charge in [-0.05, 0) is 50.6 Å². The first kappa shape index (κ1) is 25.3. The van der Waals surface area contributed by atoms with Gasteiger partial charge in [-0.25, -0.2) is 17.8 Å². The van der Waals surface area contributed by atoms with E-state index in [9.17, 15) is 17.4 Å². The molecule has 2 aromatic carbocycles.